The van der Waals surface area contributed by atoms with E-state index < -0.39 is 5.97 Å². The third-order valence-electron chi connectivity index (χ3n) is 2.97. The fraction of sp³-hybridized carbons (Fsp3) is 0.286. The Bertz CT molecular complexity index is 504. The molecule has 2 rings (SSSR count). The Morgan fingerprint density at radius 1 is 1.39 bits per heavy atom. The van der Waals surface area contributed by atoms with Crippen molar-refractivity contribution in [2.45, 2.75) is 18.9 Å². The van der Waals surface area contributed by atoms with Crippen LogP contribution in [0.3, 0.4) is 0 Å². The summed E-state index contributed by atoms with van der Waals surface area (Å²) in [7, 11) is 1.81. The topological polar surface area (TPSA) is 57.6 Å². The highest BCUT2D eigenvalue weighted by atomic mass is 16.4. The maximum absolute atomic E-state index is 12.1. The maximum atomic E-state index is 12.1. The second-order valence-electron chi connectivity index (χ2n) is 4.44. The van der Waals surface area contributed by atoms with Crippen LogP contribution in [0.2, 0.25) is 0 Å². The van der Waals surface area contributed by atoms with Crippen LogP contribution in [0.15, 0.2) is 30.3 Å². The first-order valence-corrected chi connectivity index (χ1v) is 5.86. The van der Waals surface area contributed by atoms with Crippen LogP contribution >= 0.6 is 0 Å². The summed E-state index contributed by atoms with van der Waals surface area (Å²) < 4.78 is 0. The Kier molecular flexibility index (Phi) is 3.46. The van der Waals surface area contributed by atoms with E-state index in [0.29, 0.717) is 17.2 Å². The molecule has 0 heterocycles. The second-order valence-corrected chi connectivity index (χ2v) is 4.44. The van der Waals surface area contributed by atoms with Crippen LogP contribution in [-0.4, -0.2) is 35.0 Å². The molecule has 1 fully saturated rings. The number of hydrogen-bond donors (Lipinski definition) is 1. The summed E-state index contributed by atoms with van der Waals surface area (Å²) >= 11 is 0. The molecule has 1 amide bonds. The summed E-state index contributed by atoms with van der Waals surface area (Å²) in [6.07, 6.45) is 4.69. The Hall–Kier alpha value is -2.10. The van der Waals surface area contributed by atoms with Crippen molar-refractivity contribution >= 4 is 18.0 Å². The zero-order valence-electron chi connectivity index (χ0n) is 10.2. The summed E-state index contributed by atoms with van der Waals surface area (Å²) in [6.45, 7) is 0. The number of amides is 1. The molecule has 1 aliphatic rings. The Morgan fingerprint density at radius 2 is 2.11 bits per heavy atom. The minimum absolute atomic E-state index is 0.0110. The van der Waals surface area contributed by atoms with E-state index >= 15 is 0 Å². The van der Waals surface area contributed by atoms with Crippen LogP contribution in [0.5, 0.6) is 0 Å². The van der Waals surface area contributed by atoms with Gasteiger partial charge < -0.3 is 10.0 Å². The van der Waals surface area contributed by atoms with Gasteiger partial charge in [0.25, 0.3) is 5.91 Å². The van der Waals surface area contributed by atoms with Crippen molar-refractivity contribution < 1.29 is 14.7 Å². The van der Waals surface area contributed by atoms with E-state index in [1.54, 1.807) is 36.2 Å². The van der Waals surface area contributed by atoms with Gasteiger partial charge in [0.2, 0.25) is 0 Å². The highest BCUT2D eigenvalue weighted by Gasteiger charge is 2.29. The smallest absolute Gasteiger partial charge is 0.328 e. The van der Waals surface area contributed by atoms with E-state index in [-0.39, 0.29) is 5.91 Å². The molecule has 0 unspecified atom stereocenters. The van der Waals surface area contributed by atoms with Crippen molar-refractivity contribution in [3.8, 4) is 0 Å². The number of nitrogens with zero attached hydrogens (tertiary/aromatic N) is 1. The molecule has 18 heavy (non-hydrogen) atoms. The van der Waals surface area contributed by atoms with Gasteiger partial charge in [0.1, 0.15) is 0 Å². The van der Waals surface area contributed by atoms with Gasteiger partial charge in [-0.25, -0.2) is 4.79 Å². The van der Waals surface area contributed by atoms with Gasteiger partial charge >= 0.3 is 5.97 Å². The fourth-order valence-electron chi connectivity index (χ4n) is 1.77. The van der Waals surface area contributed by atoms with Gasteiger partial charge in [0, 0.05) is 24.7 Å². The first-order chi connectivity index (χ1) is 8.58. The van der Waals surface area contributed by atoms with Gasteiger partial charge in [-0.2, -0.15) is 0 Å². The summed E-state index contributed by atoms with van der Waals surface area (Å²) in [5, 5.41) is 8.56. The number of carbonyl (C=O) groups excluding carboxylic acids is 1. The Morgan fingerprint density at radius 3 is 2.72 bits per heavy atom. The first-order valence-electron chi connectivity index (χ1n) is 5.86. The molecule has 1 aromatic rings. The molecule has 4 nitrogen and oxygen atoms in total. The zero-order chi connectivity index (χ0) is 13.1. The Labute approximate surface area is 106 Å². The van der Waals surface area contributed by atoms with E-state index in [4.69, 9.17) is 5.11 Å². The average molecular weight is 245 g/mol. The fourth-order valence-corrected chi connectivity index (χ4v) is 1.77. The predicted molar refractivity (Wildman–Crippen MR) is 68.2 cm³/mol. The highest BCUT2D eigenvalue weighted by molar-refractivity contribution is 5.95. The lowest BCUT2D eigenvalue weighted by Gasteiger charge is -2.16. The lowest BCUT2D eigenvalue weighted by Crippen LogP contribution is -2.28. The van der Waals surface area contributed by atoms with Gasteiger partial charge in [0.15, 0.2) is 0 Å². The van der Waals surface area contributed by atoms with Gasteiger partial charge in [-0.15, -0.1) is 0 Å². The number of hydrogen-bond acceptors (Lipinski definition) is 2. The predicted octanol–water partition coefficient (Wildman–Crippen LogP) is 2.02. The lowest BCUT2D eigenvalue weighted by molar-refractivity contribution is -0.131. The van der Waals surface area contributed by atoms with Crippen LogP contribution in [0, 0.1) is 0 Å². The summed E-state index contributed by atoms with van der Waals surface area (Å²) in [5.74, 6) is -1.01. The molecule has 0 aliphatic heterocycles. The minimum Gasteiger partial charge on any atom is -0.478 e. The number of carbonyl (C=O) groups is 2. The summed E-state index contributed by atoms with van der Waals surface area (Å²) in [4.78, 5) is 24.3. The van der Waals surface area contributed by atoms with Crippen LogP contribution < -0.4 is 0 Å². The van der Waals surface area contributed by atoms with Crippen LogP contribution in [0.25, 0.3) is 6.08 Å². The molecular formula is C14H15NO3. The van der Waals surface area contributed by atoms with E-state index in [2.05, 4.69) is 0 Å². The molecule has 1 aliphatic carbocycles. The van der Waals surface area contributed by atoms with Crippen molar-refractivity contribution in [2.75, 3.05) is 7.05 Å². The van der Waals surface area contributed by atoms with Gasteiger partial charge in [-0.3, -0.25) is 4.79 Å². The summed E-state index contributed by atoms with van der Waals surface area (Å²) in [5.41, 5.74) is 1.31. The van der Waals surface area contributed by atoms with E-state index in [0.717, 1.165) is 18.9 Å². The average Bonchev–Trinajstić information content (AvgIpc) is 3.19. The number of aliphatic carboxylic acids is 1. The van der Waals surface area contributed by atoms with E-state index in [1.165, 1.54) is 6.08 Å². The van der Waals surface area contributed by atoms with Gasteiger partial charge in [-0.05, 0) is 36.6 Å². The molecule has 0 aromatic heterocycles. The Balaban J connectivity index is 2.15. The molecule has 0 spiro atoms. The minimum atomic E-state index is -0.998. The molecule has 0 radical (unpaired) electrons. The number of carboxylic acids is 1. The van der Waals surface area contributed by atoms with Crippen LogP contribution in [0.4, 0.5) is 0 Å². The molecular weight excluding hydrogens is 230 g/mol. The molecule has 0 bridgehead atoms. The first kappa shape index (κ1) is 12.4. The van der Waals surface area contributed by atoms with Crippen molar-refractivity contribution in [3.05, 3.63) is 41.5 Å². The van der Waals surface area contributed by atoms with Crippen LogP contribution in [0.1, 0.15) is 28.8 Å². The molecule has 1 aromatic carbocycles. The number of rotatable bonds is 4. The zero-order valence-corrected chi connectivity index (χ0v) is 10.2. The normalized spacial score (nSPS) is 14.7. The lowest BCUT2D eigenvalue weighted by atomic mass is 10.1. The van der Waals surface area contributed by atoms with Crippen molar-refractivity contribution in [2.24, 2.45) is 0 Å². The quantitative estimate of drug-likeness (QED) is 0.825. The van der Waals surface area contributed by atoms with Crippen LogP contribution in [-0.2, 0) is 4.79 Å². The molecule has 0 saturated heterocycles. The van der Waals surface area contributed by atoms with Crippen molar-refractivity contribution in [1.82, 2.24) is 4.90 Å². The number of carboxylic acid groups (broad SMARTS) is 1. The standard InChI is InChI=1S/C14H15NO3/c1-15(12-6-7-12)14(18)11-4-2-3-10(9-11)5-8-13(16)17/h2-5,8-9,12H,6-7H2,1H3,(H,16,17). The van der Waals surface area contributed by atoms with Crippen molar-refractivity contribution in [1.29, 1.82) is 0 Å². The van der Waals surface area contributed by atoms with E-state index in [9.17, 15) is 9.59 Å². The third kappa shape index (κ3) is 2.97. The van der Waals surface area contributed by atoms with E-state index in [1.807, 2.05) is 0 Å². The van der Waals surface area contributed by atoms with Gasteiger partial charge in [-0.1, -0.05) is 12.1 Å². The highest BCUT2D eigenvalue weighted by Crippen LogP contribution is 2.26. The molecule has 94 valence electrons. The largest absolute Gasteiger partial charge is 0.478 e. The summed E-state index contributed by atoms with van der Waals surface area (Å²) in [6, 6.07) is 7.36. The molecule has 0 atom stereocenters. The maximum Gasteiger partial charge on any atom is 0.328 e. The molecule has 4 heteroatoms. The second kappa shape index (κ2) is 5.04. The molecule has 1 saturated carbocycles. The SMILES string of the molecule is CN(C(=O)c1cccc(C=CC(=O)O)c1)C1CC1. The monoisotopic (exact) mass is 245 g/mol. The number of benzene rings is 1. The van der Waals surface area contributed by atoms with Gasteiger partial charge in [0.05, 0.1) is 0 Å². The molecule has 1 N–H and O–H groups in total. The third-order valence-corrected chi connectivity index (χ3v) is 2.97. The van der Waals surface area contributed by atoms with Crippen molar-refractivity contribution in [3.63, 3.8) is 0 Å².